The average molecular weight is 274 g/mol. The molecule has 4 heteroatoms. The van der Waals surface area contributed by atoms with E-state index in [2.05, 4.69) is 11.4 Å². The summed E-state index contributed by atoms with van der Waals surface area (Å²) in [4.78, 5) is 13.4. The maximum absolute atomic E-state index is 12.1. The summed E-state index contributed by atoms with van der Waals surface area (Å²) in [6, 6.07) is 9.62. The molecule has 100 valence electrons. The molecule has 0 radical (unpaired) electrons. The van der Waals surface area contributed by atoms with Crippen molar-refractivity contribution in [3.63, 3.8) is 0 Å². The second-order valence-corrected chi connectivity index (χ2v) is 5.82. The fourth-order valence-electron chi connectivity index (χ4n) is 2.03. The van der Waals surface area contributed by atoms with Crippen LogP contribution in [0.15, 0.2) is 35.7 Å². The molecule has 2 rings (SSSR count). The highest BCUT2D eigenvalue weighted by Gasteiger charge is 2.11. The van der Waals surface area contributed by atoms with Gasteiger partial charge in [-0.05, 0) is 49.1 Å². The normalized spacial score (nSPS) is 12.1. The number of anilines is 1. The lowest BCUT2D eigenvalue weighted by atomic mass is 10.1. The van der Waals surface area contributed by atoms with Gasteiger partial charge in [0.25, 0.3) is 5.91 Å². The highest BCUT2D eigenvalue weighted by atomic mass is 32.1. The topological polar surface area (TPSA) is 55.1 Å². The summed E-state index contributed by atoms with van der Waals surface area (Å²) in [5, 5.41) is 5.05. The van der Waals surface area contributed by atoms with E-state index < -0.39 is 0 Å². The molecule has 1 heterocycles. The van der Waals surface area contributed by atoms with Gasteiger partial charge in [0.1, 0.15) is 0 Å². The molecule has 19 heavy (non-hydrogen) atoms. The standard InChI is InChI=1S/C15H18N2OS/c1-10-6-12(9-13(16)7-10)15(18)17-11(2)8-14-4-3-5-19-14/h3-7,9,11H,8,16H2,1-2H3,(H,17,18). The van der Waals surface area contributed by atoms with Crippen molar-refractivity contribution in [2.45, 2.75) is 26.3 Å². The molecule has 0 aliphatic carbocycles. The number of aryl methyl sites for hydroxylation is 1. The Hall–Kier alpha value is -1.81. The summed E-state index contributed by atoms with van der Waals surface area (Å²) in [5.74, 6) is -0.0699. The molecular formula is C15H18N2OS. The molecule has 3 N–H and O–H groups in total. The third kappa shape index (κ3) is 3.83. The fraction of sp³-hybridized carbons (Fsp3) is 0.267. The monoisotopic (exact) mass is 274 g/mol. The molecule has 2 aromatic rings. The summed E-state index contributed by atoms with van der Waals surface area (Å²) < 4.78 is 0. The van der Waals surface area contributed by atoms with Crippen LogP contribution in [0, 0.1) is 6.92 Å². The number of nitrogen functional groups attached to an aromatic ring is 1. The van der Waals surface area contributed by atoms with E-state index >= 15 is 0 Å². The quantitative estimate of drug-likeness (QED) is 0.842. The second-order valence-electron chi connectivity index (χ2n) is 4.79. The highest BCUT2D eigenvalue weighted by Crippen LogP contribution is 2.13. The van der Waals surface area contributed by atoms with Crippen molar-refractivity contribution in [1.29, 1.82) is 0 Å². The van der Waals surface area contributed by atoms with Gasteiger partial charge in [-0.1, -0.05) is 6.07 Å². The molecule has 1 amide bonds. The number of hydrogen-bond acceptors (Lipinski definition) is 3. The van der Waals surface area contributed by atoms with E-state index in [4.69, 9.17) is 5.73 Å². The number of carbonyl (C=O) groups is 1. The number of rotatable bonds is 4. The van der Waals surface area contributed by atoms with Gasteiger partial charge in [0.05, 0.1) is 0 Å². The van der Waals surface area contributed by atoms with Gasteiger partial charge in [0, 0.05) is 28.6 Å². The Morgan fingerprint density at radius 2 is 2.21 bits per heavy atom. The van der Waals surface area contributed by atoms with Crippen LogP contribution < -0.4 is 11.1 Å². The molecule has 0 saturated carbocycles. The van der Waals surface area contributed by atoms with Crippen LogP contribution >= 0.6 is 11.3 Å². The van der Waals surface area contributed by atoms with E-state index in [1.165, 1.54) is 4.88 Å². The predicted octanol–water partition coefficient (Wildman–Crippen LogP) is 3.00. The molecule has 1 aromatic heterocycles. The van der Waals surface area contributed by atoms with E-state index in [0.717, 1.165) is 12.0 Å². The van der Waals surface area contributed by atoms with Crippen LogP contribution in [0.2, 0.25) is 0 Å². The predicted molar refractivity (Wildman–Crippen MR) is 80.5 cm³/mol. The van der Waals surface area contributed by atoms with Gasteiger partial charge >= 0.3 is 0 Å². The van der Waals surface area contributed by atoms with Crippen LogP contribution in [0.25, 0.3) is 0 Å². The largest absolute Gasteiger partial charge is 0.399 e. The molecule has 1 atom stereocenters. The molecule has 0 aliphatic heterocycles. The highest BCUT2D eigenvalue weighted by molar-refractivity contribution is 7.09. The molecule has 1 unspecified atom stereocenters. The molecular weight excluding hydrogens is 256 g/mol. The molecule has 0 aliphatic rings. The van der Waals surface area contributed by atoms with E-state index in [-0.39, 0.29) is 11.9 Å². The Labute approximate surface area is 117 Å². The zero-order valence-corrected chi connectivity index (χ0v) is 12.0. The van der Waals surface area contributed by atoms with E-state index in [1.54, 1.807) is 17.4 Å². The second kappa shape index (κ2) is 5.89. The number of amides is 1. The maximum Gasteiger partial charge on any atom is 0.251 e. The van der Waals surface area contributed by atoms with Gasteiger partial charge in [0.15, 0.2) is 0 Å². The SMILES string of the molecule is Cc1cc(N)cc(C(=O)NC(C)Cc2cccs2)c1. The van der Waals surface area contributed by atoms with E-state index in [0.29, 0.717) is 11.3 Å². The molecule has 0 spiro atoms. The minimum absolute atomic E-state index is 0.0699. The first-order valence-corrected chi connectivity index (χ1v) is 7.13. The van der Waals surface area contributed by atoms with Gasteiger partial charge in [-0.25, -0.2) is 0 Å². The summed E-state index contributed by atoms with van der Waals surface area (Å²) >= 11 is 1.71. The number of hydrogen-bond donors (Lipinski definition) is 2. The molecule has 0 saturated heterocycles. The van der Waals surface area contributed by atoms with Gasteiger partial charge in [0.2, 0.25) is 0 Å². The number of nitrogens with one attached hydrogen (secondary N) is 1. The summed E-state index contributed by atoms with van der Waals surface area (Å²) in [6.45, 7) is 3.94. The molecule has 0 bridgehead atoms. The Balaban J connectivity index is 2.00. The van der Waals surface area contributed by atoms with Crippen molar-refractivity contribution in [3.8, 4) is 0 Å². The minimum atomic E-state index is -0.0699. The lowest BCUT2D eigenvalue weighted by molar-refractivity contribution is 0.0940. The van der Waals surface area contributed by atoms with Crippen LogP contribution in [-0.4, -0.2) is 11.9 Å². The maximum atomic E-state index is 12.1. The summed E-state index contributed by atoms with van der Waals surface area (Å²) in [5.41, 5.74) is 8.00. The summed E-state index contributed by atoms with van der Waals surface area (Å²) in [6.07, 6.45) is 0.852. The lowest BCUT2D eigenvalue weighted by Gasteiger charge is -2.13. The zero-order valence-electron chi connectivity index (χ0n) is 11.1. The lowest BCUT2D eigenvalue weighted by Crippen LogP contribution is -2.33. The van der Waals surface area contributed by atoms with Gasteiger partial charge < -0.3 is 11.1 Å². The smallest absolute Gasteiger partial charge is 0.251 e. The third-order valence-electron chi connectivity index (χ3n) is 2.83. The van der Waals surface area contributed by atoms with Crippen molar-refractivity contribution in [2.24, 2.45) is 0 Å². The fourth-order valence-corrected chi connectivity index (χ4v) is 2.87. The van der Waals surface area contributed by atoms with Gasteiger partial charge in [-0.15, -0.1) is 11.3 Å². The molecule has 1 aromatic carbocycles. The van der Waals surface area contributed by atoms with Crippen molar-refractivity contribution in [3.05, 3.63) is 51.7 Å². The number of thiophene rings is 1. The van der Waals surface area contributed by atoms with Crippen LogP contribution in [0.4, 0.5) is 5.69 Å². The Bertz CT molecular complexity index is 543. The summed E-state index contributed by atoms with van der Waals surface area (Å²) in [7, 11) is 0. The first-order valence-electron chi connectivity index (χ1n) is 6.25. The Kier molecular flexibility index (Phi) is 4.22. The first-order chi connectivity index (χ1) is 9.04. The number of benzene rings is 1. The van der Waals surface area contributed by atoms with Crippen LogP contribution in [0.5, 0.6) is 0 Å². The van der Waals surface area contributed by atoms with E-state index in [1.807, 2.05) is 37.4 Å². The molecule has 0 fully saturated rings. The van der Waals surface area contributed by atoms with Crippen molar-refractivity contribution < 1.29 is 4.79 Å². The average Bonchev–Trinajstić information content (AvgIpc) is 2.80. The van der Waals surface area contributed by atoms with Gasteiger partial charge in [-0.3, -0.25) is 4.79 Å². The van der Waals surface area contributed by atoms with Crippen LogP contribution in [-0.2, 0) is 6.42 Å². The number of nitrogens with two attached hydrogens (primary N) is 1. The zero-order chi connectivity index (χ0) is 13.8. The Morgan fingerprint density at radius 1 is 1.42 bits per heavy atom. The van der Waals surface area contributed by atoms with Gasteiger partial charge in [-0.2, -0.15) is 0 Å². The van der Waals surface area contributed by atoms with Crippen LogP contribution in [0.3, 0.4) is 0 Å². The Morgan fingerprint density at radius 3 is 2.84 bits per heavy atom. The van der Waals surface area contributed by atoms with Crippen molar-refractivity contribution in [2.75, 3.05) is 5.73 Å². The van der Waals surface area contributed by atoms with E-state index in [9.17, 15) is 4.79 Å². The van der Waals surface area contributed by atoms with Crippen molar-refractivity contribution in [1.82, 2.24) is 5.32 Å². The molecule has 3 nitrogen and oxygen atoms in total. The first kappa shape index (κ1) is 13.6. The number of carbonyl (C=O) groups excluding carboxylic acids is 1. The minimum Gasteiger partial charge on any atom is -0.399 e. The third-order valence-corrected chi connectivity index (χ3v) is 3.73. The van der Waals surface area contributed by atoms with Crippen LogP contribution in [0.1, 0.15) is 27.7 Å². The van der Waals surface area contributed by atoms with Crippen molar-refractivity contribution >= 4 is 22.9 Å².